The lowest BCUT2D eigenvalue weighted by molar-refractivity contribution is 0.340. The number of fused-ring (bicyclic) bond motifs is 1. The molecule has 0 saturated carbocycles. The number of sulfonamides is 1. The fourth-order valence-corrected chi connectivity index (χ4v) is 5.84. The lowest BCUT2D eigenvalue weighted by atomic mass is 9.98. The third kappa shape index (κ3) is 3.49. The van der Waals surface area contributed by atoms with Gasteiger partial charge in [-0.15, -0.1) is 11.3 Å². The molecule has 1 aromatic heterocycles. The maximum atomic E-state index is 13.9. The van der Waals surface area contributed by atoms with Crippen LogP contribution in [0.1, 0.15) is 40.0 Å². The van der Waals surface area contributed by atoms with Gasteiger partial charge in [-0.05, 0) is 44.4 Å². The lowest BCUT2D eigenvalue weighted by Crippen LogP contribution is -2.33. The van der Waals surface area contributed by atoms with E-state index in [0.717, 1.165) is 34.8 Å². The summed E-state index contributed by atoms with van der Waals surface area (Å²) in [6, 6.07) is 3.74. The molecule has 3 rings (SSSR count). The van der Waals surface area contributed by atoms with Crippen molar-refractivity contribution in [1.29, 1.82) is 0 Å². The summed E-state index contributed by atoms with van der Waals surface area (Å²) >= 11 is 7.40. The molecular weight excluding hydrogens is 371 g/mol. The summed E-state index contributed by atoms with van der Waals surface area (Å²) in [7, 11) is -2.11. The number of hydrogen-bond donors (Lipinski definition) is 0. The van der Waals surface area contributed by atoms with Gasteiger partial charge >= 0.3 is 0 Å². The van der Waals surface area contributed by atoms with Crippen LogP contribution in [0.2, 0.25) is 5.02 Å². The number of benzene rings is 1. The molecule has 0 aliphatic heterocycles. The van der Waals surface area contributed by atoms with Crippen LogP contribution in [0.4, 0.5) is 4.39 Å². The van der Waals surface area contributed by atoms with Crippen molar-refractivity contribution < 1.29 is 12.8 Å². The minimum atomic E-state index is -3.67. The Morgan fingerprint density at radius 1 is 1.46 bits per heavy atom. The van der Waals surface area contributed by atoms with Crippen molar-refractivity contribution in [2.45, 2.75) is 38.0 Å². The largest absolute Gasteiger partial charge is 0.246 e. The predicted octanol–water partition coefficient (Wildman–Crippen LogP) is 4.08. The van der Waals surface area contributed by atoms with Crippen molar-refractivity contribution >= 4 is 33.0 Å². The fraction of sp³-hybridized carbons (Fsp3) is 0.438. The quantitative estimate of drug-likeness (QED) is 0.792. The van der Waals surface area contributed by atoms with Gasteiger partial charge in [-0.3, -0.25) is 0 Å². The zero-order valence-corrected chi connectivity index (χ0v) is 15.8. The second kappa shape index (κ2) is 6.71. The Labute approximate surface area is 150 Å². The number of halogens is 2. The van der Waals surface area contributed by atoms with E-state index in [1.165, 1.54) is 22.5 Å². The van der Waals surface area contributed by atoms with Crippen LogP contribution in [0.5, 0.6) is 0 Å². The molecule has 0 saturated heterocycles. The summed E-state index contributed by atoms with van der Waals surface area (Å²) in [6.45, 7) is 1.93. The molecule has 1 heterocycles. The third-order valence-electron chi connectivity index (χ3n) is 4.25. The van der Waals surface area contributed by atoms with Crippen molar-refractivity contribution in [2.24, 2.45) is 0 Å². The molecule has 1 aliphatic rings. The first kappa shape index (κ1) is 17.8. The molecule has 1 aliphatic carbocycles. The second-order valence-corrected chi connectivity index (χ2v) is 9.66. The summed E-state index contributed by atoms with van der Waals surface area (Å²) in [6.07, 6.45) is 2.53. The maximum Gasteiger partial charge on any atom is 0.218 e. The first-order valence-electron chi connectivity index (χ1n) is 7.64. The monoisotopic (exact) mass is 388 g/mol. The Balaban J connectivity index is 1.89. The molecule has 0 bridgehead atoms. The molecular formula is C16H18ClFN2O2S2. The number of nitrogens with zero attached hydrogens (tertiary/aromatic N) is 2. The number of hydrogen-bond acceptors (Lipinski definition) is 4. The van der Waals surface area contributed by atoms with Crippen molar-refractivity contribution in [3.05, 3.63) is 50.2 Å². The van der Waals surface area contributed by atoms with E-state index in [4.69, 9.17) is 11.6 Å². The Morgan fingerprint density at radius 3 is 2.96 bits per heavy atom. The Bertz CT molecular complexity index is 867. The first-order valence-corrected chi connectivity index (χ1v) is 10.4. The van der Waals surface area contributed by atoms with Crippen molar-refractivity contribution in [2.75, 3.05) is 7.05 Å². The molecule has 8 heteroatoms. The highest BCUT2D eigenvalue weighted by atomic mass is 35.5. The van der Waals surface area contributed by atoms with Gasteiger partial charge < -0.3 is 0 Å². The molecule has 0 amide bonds. The van der Waals surface area contributed by atoms with Crippen LogP contribution in [-0.2, 0) is 22.2 Å². The van der Waals surface area contributed by atoms with Crippen LogP contribution < -0.4 is 0 Å². The van der Waals surface area contributed by atoms with Gasteiger partial charge in [0.1, 0.15) is 5.82 Å². The van der Waals surface area contributed by atoms with Crippen molar-refractivity contribution in [1.82, 2.24) is 9.29 Å². The standard InChI is InChI=1S/C16H18ClFN2O2S2/c1-10-19-14-4-3-5-15(16(14)23-10)20(2)24(21,22)9-11-8-12(17)6-7-13(11)18/h6-8,15H,3-5,9H2,1-2H3/t15-/m1/s1. The van der Waals surface area contributed by atoms with Crippen molar-refractivity contribution in [3.63, 3.8) is 0 Å². The van der Waals surface area contributed by atoms with E-state index in [0.29, 0.717) is 5.02 Å². The van der Waals surface area contributed by atoms with E-state index in [1.54, 1.807) is 18.4 Å². The number of aromatic nitrogens is 1. The van der Waals surface area contributed by atoms with E-state index in [9.17, 15) is 12.8 Å². The first-order chi connectivity index (χ1) is 11.3. The summed E-state index contributed by atoms with van der Waals surface area (Å²) in [5.41, 5.74) is 1.08. The number of aryl methyl sites for hydroxylation is 2. The van der Waals surface area contributed by atoms with Crippen LogP contribution in [-0.4, -0.2) is 24.8 Å². The molecule has 4 nitrogen and oxygen atoms in total. The van der Waals surface area contributed by atoms with Gasteiger partial charge in [-0.2, -0.15) is 4.31 Å². The summed E-state index contributed by atoms with van der Waals surface area (Å²) in [5, 5.41) is 1.26. The Kier molecular flexibility index (Phi) is 4.97. The molecule has 2 aromatic rings. The SMILES string of the molecule is Cc1nc2c(s1)[C@H](N(C)S(=O)(=O)Cc1cc(Cl)ccc1F)CCC2. The van der Waals surface area contributed by atoms with Gasteiger partial charge in [0.2, 0.25) is 10.0 Å². The third-order valence-corrected chi connectivity index (χ3v) is 7.41. The zero-order chi connectivity index (χ0) is 17.5. The Hall–Kier alpha value is -1.02. The normalized spacial score (nSPS) is 18.0. The van der Waals surface area contributed by atoms with Gasteiger partial charge in [-0.25, -0.2) is 17.8 Å². The molecule has 1 aromatic carbocycles. The highest BCUT2D eigenvalue weighted by Gasteiger charge is 2.33. The van der Waals surface area contributed by atoms with E-state index in [2.05, 4.69) is 4.98 Å². The number of thiazole rings is 1. The minimum Gasteiger partial charge on any atom is -0.246 e. The fourth-order valence-electron chi connectivity index (χ4n) is 3.01. The zero-order valence-electron chi connectivity index (χ0n) is 13.4. The average molecular weight is 389 g/mol. The second-order valence-electron chi connectivity index (χ2n) is 5.96. The highest BCUT2D eigenvalue weighted by Crippen LogP contribution is 2.39. The van der Waals surface area contributed by atoms with Crippen molar-refractivity contribution in [3.8, 4) is 0 Å². The van der Waals surface area contributed by atoms with E-state index < -0.39 is 21.6 Å². The lowest BCUT2D eigenvalue weighted by Gasteiger charge is -2.30. The Morgan fingerprint density at radius 2 is 2.21 bits per heavy atom. The smallest absolute Gasteiger partial charge is 0.218 e. The summed E-state index contributed by atoms with van der Waals surface area (Å²) in [5.74, 6) is -0.964. The van der Waals surface area contributed by atoms with Gasteiger partial charge in [0.25, 0.3) is 0 Å². The van der Waals surface area contributed by atoms with E-state index >= 15 is 0 Å². The van der Waals surface area contributed by atoms with Gasteiger partial charge in [0.15, 0.2) is 0 Å². The molecule has 1 atom stereocenters. The maximum absolute atomic E-state index is 13.9. The van der Waals surface area contributed by atoms with Crippen LogP contribution in [0.25, 0.3) is 0 Å². The van der Waals surface area contributed by atoms with Crippen LogP contribution in [0.15, 0.2) is 18.2 Å². The van der Waals surface area contributed by atoms with Gasteiger partial charge in [0.05, 0.1) is 22.5 Å². The molecule has 0 unspecified atom stereocenters. The molecule has 0 N–H and O–H groups in total. The van der Waals surface area contributed by atoms with Crippen LogP contribution in [0.3, 0.4) is 0 Å². The summed E-state index contributed by atoms with van der Waals surface area (Å²) < 4.78 is 40.8. The molecule has 0 spiro atoms. The molecule has 0 radical (unpaired) electrons. The van der Waals surface area contributed by atoms with Gasteiger partial charge in [0, 0.05) is 22.5 Å². The van der Waals surface area contributed by atoms with Gasteiger partial charge in [-0.1, -0.05) is 11.6 Å². The van der Waals surface area contributed by atoms with Crippen LogP contribution >= 0.6 is 22.9 Å². The highest BCUT2D eigenvalue weighted by molar-refractivity contribution is 7.88. The molecule has 24 heavy (non-hydrogen) atoms. The van der Waals surface area contributed by atoms with E-state index in [-0.39, 0.29) is 11.6 Å². The summed E-state index contributed by atoms with van der Waals surface area (Å²) in [4.78, 5) is 5.51. The minimum absolute atomic E-state index is 0.0888. The number of rotatable bonds is 4. The van der Waals surface area contributed by atoms with E-state index in [1.807, 2.05) is 6.92 Å². The average Bonchev–Trinajstić information content (AvgIpc) is 2.90. The topological polar surface area (TPSA) is 50.3 Å². The molecule has 0 fully saturated rings. The van der Waals surface area contributed by atoms with Crippen LogP contribution in [0, 0.1) is 12.7 Å². The molecule has 130 valence electrons. The predicted molar refractivity (Wildman–Crippen MR) is 94.3 cm³/mol.